The van der Waals surface area contributed by atoms with E-state index in [1.54, 1.807) is 0 Å². The third kappa shape index (κ3) is 1.97. The number of esters is 1. The van der Waals surface area contributed by atoms with Crippen LogP contribution in [0.3, 0.4) is 0 Å². The maximum Gasteiger partial charge on any atom is 0.337 e. The molecule has 1 heterocycles. The Morgan fingerprint density at radius 1 is 1.64 bits per heavy atom. The number of rotatable bonds is 3. The zero-order valence-corrected chi connectivity index (χ0v) is 7.71. The van der Waals surface area contributed by atoms with Gasteiger partial charge in [0.1, 0.15) is 0 Å². The molecule has 0 saturated carbocycles. The zero-order chi connectivity index (χ0) is 10.7. The smallest absolute Gasteiger partial charge is 0.337 e. The minimum atomic E-state index is -1.18. The van der Waals surface area contributed by atoms with Gasteiger partial charge in [-0.1, -0.05) is 0 Å². The summed E-state index contributed by atoms with van der Waals surface area (Å²) in [5.74, 6) is -0.656. The SMILES string of the molecule is COC(=O)C1CC([N+](=O)[O-])N(OC)O1. The maximum atomic E-state index is 11.0. The average Bonchev–Trinajstić information content (AvgIpc) is 2.60. The Kier molecular flexibility index (Phi) is 3.33. The molecule has 80 valence electrons. The van der Waals surface area contributed by atoms with Crippen LogP contribution in [0.4, 0.5) is 0 Å². The first kappa shape index (κ1) is 10.8. The van der Waals surface area contributed by atoms with Crippen molar-refractivity contribution < 1.29 is 24.1 Å². The predicted molar refractivity (Wildman–Crippen MR) is 41.1 cm³/mol. The molecule has 2 unspecified atom stereocenters. The van der Waals surface area contributed by atoms with Gasteiger partial charge in [-0.05, 0) is 0 Å². The van der Waals surface area contributed by atoms with E-state index in [1.165, 1.54) is 14.2 Å². The van der Waals surface area contributed by atoms with Crippen LogP contribution >= 0.6 is 0 Å². The second-order valence-electron chi connectivity index (χ2n) is 2.59. The molecule has 0 radical (unpaired) electrons. The first-order valence-corrected chi connectivity index (χ1v) is 3.81. The van der Waals surface area contributed by atoms with Gasteiger partial charge in [0, 0.05) is 10.1 Å². The number of methoxy groups -OCH3 is 1. The lowest BCUT2D eigenvalue weighted by molar-refractivity contribution is -0.596. The molecule has 0 aliphatic carbocycles. The molecular weight excluding hydrogens is 196 g/mol. The number of ether oxygens (including phenoxy) is 1. The van der Waals surface area contributed by atoms with Crippen LogP contribution in [0.15, 0.2) is 0 Å². The van der Waals surface area contributed by atoms with E-state index < -0.39 is 23.2 Å². The summed E-state index contributed by atoms with van der Waals surface area (Å²) in [4.78, 5) is 30.3. The van der Waals surface area contributed by atoms with E-state index in [2.05, 4.69) is 9.57 Å². The van der Waals surface area contributed by atoms with Gasteiger partial charge in [-0.25, -0.2) is 4.79 Å². The van der Waals surface area contributed by atoms with Crippen molar-refractivity contribution in [1.82, 2.24) is 5.23 Å². The van der Waals surface area contributed by atoms with Crippen molar-refractivity contribution in [2.24, 2.45) is 0 Å². The predicted octanol–water partition coefficient (Wildman–Crippen LogP) is -0.670. The molecule has 1 aliphatic heterocycles. The number of nitro groups is 1. The van der Waals surface area contributed by atoms with Gasteiger partial charge >= 0.3 is 12.1 Å². The largest absolute Gasteiger partial charge is 0.467 e. The van der Waals surface area contributed by atoms with Crippen LogP contribution in [-0.4, -0.2) is 42.6 Å². The molecule has 0 aromatic carbocycles. The second kappa shape index (κ2) is 4.31. The van der Waals surface area contributed by atoms with Gasteiger partial charge < -0.3 is 4.74 Å². The summed E-state index contributed by atoms with van der Waals surface area (Å²) in [6, 6.07) is 0. The van der Waals surface area contributed by atoms with Crippen LogP contribution in [0, 0.1) is 10.1 Å². The van der Waals surface area contributed by atoms with Crippen molar-refractivity contribution in [2.75, 3.05) is 14.2 Å². The number of carbonyl (C=O) groups is 1. The topological polar surface area (TPSA) is 91.1 Å². The highest BCUT2D eigenvalue weighted by molar-refractivity contribution is 5.74. The molecule has 1 aliphatic rings. The monoisotopic (exact) mass is 206 g/mol. The molecule has 2 atom stereocenters. The summed E-state index contributed by atoms with van der Waals surface area (Å²) in [6.45, 7) is 0. The molecule has 8 heteroatoms. The minimum absolute atomic E-state index is 0.0898. The normalized spacial score (nSPS) is 27.6. The average molecular weight is 206 g/mol. The van der Waals surface area contributed by atoms with Crippen LogP contribution in [0.2, 0.25) is 0 Å². The minimum Gasteiger partial charge on any atom is -0.467 e. The Bertz CT molecular complexity index is 244. The van der Waals surface area contributed by atoms with E-state index in [-0.39, 0.29) is 6.42 Å². The first-order valence-electron chi connectivity index (χ1n) is 3.81. The molecule has 0 spiro atoms. The highest BCUT2D eigenvalue weighted by Gasteiger charge is 2.46. The van der Waals surface area contributed by atoms with E-state index in [0.717, 1.165) is 0 Å². The Morgan fingerprint density at radius 2 is 2.29 bits per heavy atom. The van der Waals surface area contributed by atoms with Crippen molar-refractivity contribution in [3.8, 4) is 0 Å². The quantitative estimate of drug-likeness (QED) is 0.343. The fraction of sp³-hybridized carbons (Fsp3) is 0.833. The highest BCUT2D eigenvalue weighted by atomic mass is 17.0. The molecule has 1 rings (SSSR count). The summed E-state index contributed by atoms with van der Waals surface area (Å²) in [7, 11) is 2.40. The van der Waals surface area contributed by atoms with Gasteiger partial charge in [0.25, 0.3) is 0 Å². The third-order valence-electron chi connectivity index (χ3n) is 1.79. The van der Waals surface area contributed by atoms with Gasteiger partial charge in [0.05, 0.1) is 20.6 Å². The highest BCUT2D eigenvalue weighted by Crippen LogP contribution is 2.22. The van der Waals surface area contributed by atoms with Crippen LogP contribution in [-0.2, 0) is 19.2 Å². The molecular formula is C6H10N2O6. The van der Waals surface area contributed by atoms with Crippen LogP contribution in [0.5, 0.6) is 0 Å². The third-order valence-corrected chi connectivity index (χ3v) is 1.79. The summed E-state index contributed by atoms with van der Waals surface area (Å²) in [6.07, 6.45) is -2.24. The Balaban J connectivity index is 2.65. The summed E-state index contributed by atoms with van der Waals surface area (Å²) < 4.78 is 4.39. The molecule has 0 N–H and O–H groups in total. The van der Waals surface area contributed by atoms with Crippen molar-refractivity contribution in [1.29, 1.82) is 0 Å². The van der Waals surface area contributed by atoms with Crippen molar-refractivity contribution >= 4 is 5.97 Å². The van der Waals surface area contributed by atoms with Crippen molar-refractivity contribution in [2.45, 2.75) is 18.7 Å². The molecule has 1 saturated heterocycles. The van der Waals surface area contributed by atoms with Gasteiger partial charge in [-0.15, -0.1) is 0 Å². The van der Waals surface area contributed by atoms with Crippen molar-refractivity contribution in [3.05, 3.63) is 10.1 Å². The second-order valence-corrected chi connectivity index (χ2v) is 2.59. The Labute approximate surface area is 79.4 Å². The van der Waals surface area contributed by atoms with Crippen molar-refractivity contribution in [3.63, 3.8) is 0 Å². The molecule has 0 bridgehead atoms. The van der Waals surface area contributed by atoms with E-state index in [4.69, 9.17) is 4.84 Å². The molecule has 14 heavy (non-hydrogen) atoms. The van der Waals surface area contributed by atoms with E-state index >= 15 is 0 Å². The van der Waals surface area contributed by atoms with Gasteiger partial charge in [0.2, 0.25) is 0 Å². The van der Waals surface area contributed by atoms with E-state index in [9.17, 15) is 14.9 Å². The van der Waals surface area contributed by atoms with E-state index in [1.807, 2.05) is 0 Å². The molecule has 0 aromatic heterocycles. The summed E-state index contributed by atoms with van der Waals surface area (Å²) >= 11 is 0. The zero-order valence-electron chi connectivity index (χ0n) is 7.71. The molecule has 0 amide bonds. The number of hydrogen-bond acceptors (Lipinski definition) is 7. The van der Waals surface area contributed by atoms with Crippen LogP contribution in [0.25, 0.3) is 0 Å². The van der Waals surface area contributed by atoms with Gasteiger partial charge in [-0.3, -0.25) is 19.8 Å². The first-order chi connectivity index (χ1) is 6.60. The summed E-state index contributed by atoms with van der Waals surface area (Å²) in [5, 5.41) is 11.2. The number of nitrogens with zero attached hydrogens (tertiary/aromatic N) is 2. The molecule has 8 nitrogen and oxygen atoms in total. The standard InChI is InChI=1S/C6H10N2O6/c1-12-6(9)4-3-5(7(10)11)8(13-2)14-4/h4-5H,3H2,1-2H3. The summed E-state index contributed by atoms with van der Waals surface area (Å²) in [5.41, 5.74) is 0. The Morgan fingerprint density at radius 3 is 2.64 bits per heavy atom. The van der Waals surface area contributed by atoms with Gasteiger partial charge in [-0.2, -0.15) is 0 Å². The maximum absolute atomic E-state index is 11.0. The number of carbonyl (C=O) groups excluding carboxylic acids is 1. The number of hydroxylamine groups is 2. The fourth-order valence-electron chi connectivity index (χ4n) is 1.11. The Hall–Kier alpha value is -1.25. The van der Waals surface area contributed by atoms with E-state index in [0.29, 0.717) is 5.23 Å². The fourth-order valence-corrected chi connectivity index (χ4v) is 1.11. The molecule has 0 aromatic rings. The lowest BCUT2D eigenvalue weighted by Crippen LogP contribution is -2.33. The molecule has 1 fully saturated rings. The lowest BCUT2D eigenvalue weighted by atomic mass is 10.2. The van der Waals surface area contributed by atoms with Crippen LogP contribution < -0.4 is 0 Å². The lowest BCUT2D eigenvalue weighted by Gasteiger charge is -2.12. The van der Waals surface area contributed by atoms with Gasteiger partial charge in [0.15, 0.2) is 6.10 Å². The van der Waals surface area contributed by atoms with Crippen LogP contribution in [0.1, 0.15) is 6.42 Å². The number of hydrogen-bond donors (Lipinski definition) is 0.